The number of nitrogens with zero attached hydrogens (tertiary/aromatic N) is 4. The summed E-state index contributed by atoms with van der Waals surface area (Å²) in [6.07, 6.45) is 3.88. The maximum Gasteiger partial charge on any atom is 0.282 e. The van der Waals surface area contributed by atoms with Crippen LogP contribution in [0.3, 0.4) is 0 Å². The minimum Gasteiger partial charge on any atom is -0.487 e. The van der Waals surface area contributed by atoms with E-state index in [1.807, 2.05) is 6.07 Å². The van der Waals surface area contributed by atoms with Gasteiger partial charge in [-0.15, -0.1) is 0 Å². The van der Waals surface area contributed by atoms with Gasteiger partial charge in [0.15, 0.2) is 0 Å². The monoisotopic (exact) mass is 646 g/mol. The van der Waals surface area contributed by atoms with Gasteiger partial charge in [0.1, 0.15) is 18.2 Å². The molecule has 11 heteroatoms. The van der Waals surface area contributed by atoms with Crippen molar-refractivity contribution in [2.45, 2.75) is 32.8 Å². The number of rotatable bonds is 9. The molecule has 1 heterocycles. The Kier molecular flexibility index (Phi) is 8.73. The van der Waals surface area contributed by atoms with Crippen LogP contribution in [0.2, 0.25) is 5.02 Å². The lowest BCUT2D eigenvalue weighted by molar-refractivity contribution is -0.384. The summed E-state index contributed by atoms with van der Waals surface area (Å²) in [5, 5.41) is 16.5. The van der Waals surface area contributed by atoms with Gasteiger partial charge < -0.3 is 4.74 Å². The van der Waals surface area contributed by atoms with E-state index < -0.39 is 4.92 Å². The summed E-state index contributed by atoms with van der Waals surface area (Å²) in [4.78, 5) is 28.7. The minimum absolute atomic E-state index is 0.0208. The van der Waals surface area contributed by atoms with E-state index in [0.29, 0.717) is 49.5 Å². The van der Waals surface area contributed by atoms with Gasteiger partial charge >= 0.3 is 0 Å². The minimum atomic E-state index is -0.455. The largest absolute Gasteiger partial charge is 0.487 e. The smallest absolute Gasteiger partial charge is 0.282 e. The second-order valence-electron chi connectivity index (χ2n) is 8.18. The molecule has 0 saturated heterocycles. The number of ether oxygens (including phenoxy) is 1. The van der Waals surface area contributed by atoms with Crippen molar-refractivity contribution in [1.82, 2.24) is 9.66 Å². The third-order valence-electron chi connectivity index (χ3n) is 5.48. The van der Waals surface area contributed by atoms with Crippen LogP contribution < -0.4 is 10.3 Å². The molecule has 0 saturated carbocycles. The normalized spacial score (nSPS) is 11.4. The van der Waals surface area contributed by atoms with Crippen molar-refractivity contribution in [3.8, 4) is 5.75 Å². The van der Waals surface area contributed by atoms with Crippen molar-refractivity contribution >= 4 is 66.3 Å². The van der Waals surface area contributed by atoms with Gasteiger partial charge in [0, 0.05) is 33.6 Å². The van der Waals surface area contributed by atoms with Crippen molar-refractivity contribution in [3.05, 3.63) is 106 Å². The van der Waals surface area contributed by atoms with Crippen LogP contribution >= 0.6 is 43.5 Å². The second kappa shape index (κ2) is 12.0. The molecule has 190 valence electrons. The highest BCUT2D eigenvalue weighted by Crippen LogP contribution is 2.33. The third kappa shape index (κ3) is 6.44. The lowest BCUT2D eigenvalue weighted by Gasteiger charge is -2.13. The number of fused-ring (bicyclic) bond motifs is 1. The molecule has 0 amide bonds. The van der Waals surface area contributed by atoms with Crippen molar-refractivity contribution in [2.24, 2.45) is 5.10 Å². The first-order valence-electron chi connectivity index (χ1n) is 11.4. The highest BCUT2D eigenvalue weighted by molar-refractivity contribution is 9.10. The first-order valence-corrected chi connectivity index (χ1v) is 13.3. The van der Waals surface area contributed by atoms with Gasteiger partial charge in [0.05, 0.1) is 26.5 Å². The van der Waals surface area contributed by atoms with Crippen LogP contribution in [0.4, 0.5) is 5.69 Å². The van der Waals surface area contributed by atoms with E-state index >= 15 is 0 Å². The van der Waals surface area contributed by atoms with Gasteiger partial charge in [-0.1, -0.05) is 53.0 Å². The topological polar surface area (TPSA) is 99.6 Å². The summed E-state index contributed by atoms with van der Waals surface area (Å²) in [6, 6.07) is 14.9. The Labute approximate surface area is 234 Å². The van der Waals surface area contributed by atoms with Gasteiger partial charge in [-0.25, -0.2) is 4.98 Å². The molecule has 3 aromatic carbocycles. The lowest BCUT2D eigenvalue weighted by atomic mass is 10.2. The van der Waals surface area contributed by atoms with Crippen molar-refractivity contribution < 1.29 is 9.66 Å². The Balaban J connectivity index is 1.73. The standard InChI is InChI=1S/C26H21Br2ClN4O4/c1-2-3-7-24-31-23-9-8-18(27)12-21(23)26(34)32(24)30-14-17-11-19(29)13-22(28)25(17)37-15-16-5-4-6-20(10-16)33(35)36/h4-6,8-14H,2-3,7,15H2,1H3. The van der Waals surface area contributed by atoms with Gasteiger partial charge in [-0.3, -0.25) is 14.9 Å². The second-order valence-corrected chi connectivity index (χ2v) is 10.4. The fourth-order valence-electron chi connectivity index (χ4n) is 3.67. The van der Waals surface area contributed by atoms with Crippen LogP contribution in [0.25, 0.3) is 10.9 Å². The zero-order valence-corrected chi connectivity index (χ0v) is 23.6. The number of aryl methyl sites for hydroxylation is 1. The summed E-state index contributed by atoms with van der Waals surface area (Å²) < 4.78 is 8.67. The average Bonchev–Trinajstić information content (AvgIpc) is 2.87. The molecular formula is C26H21Br2ClN4O4. The number of nitro benzene ring substituents is 1. The van der Waals surface area contributed by atoms with Crippen LogP contribution in [-0.2, 0) is 13.0 Å². The van der Waals surface area contributed by atoms with Gasteiger partial charge in [0.25, 0.3) is 11.2 Å². The number of non-ortho nitro benzene ring substituents is 1. The average molecular weight is 649 g/mol. The molecule has 4 aromatic rings. The predicted molar refractivity (Wildman–Crippen MR) is 152 cm³/mol. The van der Waals surface area contributed by atoms with Crippen LogP contribution in [0.15, 0.2) is 73.4 Å². The molecule has 0 fully saturated rings. The zero-order chi connectivity index (χ0) is 26.5. The van der Waals surface area contributed by atoms with Gasteiger partial charge in [-0.2, -0.15) is 9.78 Å². The SMILES string of the molecule is CCCCc1nc2ccc(Br)cc2c(=O)n1N=Cc1cc(Cl)cc(Br)c1OCc1cccc([N+](=O)[O-])c1. The molecule has 4 rings (SSSR count). The molecule has 1 aromatic heterocycles. The summed E-state index contributed by atoms with van der Waals surface area (Å²) in [5.41, 5.74) is 1.45. The molecule has 0 bridgehead atoms. The molecule has 0 aliphatic rings. The molecule has 0 atom stereocenters. The quantitative estimate of drug-likeness (QED) is 0.108. The summed E-state index contributed by atoms with van der Waals surface area (Å²) >= 11 is 13.2. The number of hydrogen-bond acceptors (Lipinski definition) is 6. The van der Waals surface area contributed by atoms with Crippen molar-refractivity contribution in [3.63, 3.8) is 0 Å². The Morgan fingerprint density at radius 3 is 2.76 bits per heavy atom. The zero-order valence-electron chi connectivity index (χ0n) is 19.7. The molecule has 0 aliphatic heterocycles. The predicted octanol–water partition coefficient (Wildman–Crippen LogP) is 7.29. The van der Waals surface area contributed by atoms with E-state index in [1.54, 1.807) is 36.4 Å². The van der Waals surface area contributed by atoms with Crippen LogP contribution in [0.5, 0.6) is 5.75 Å². The number of hydrogen-bond donors (Lipinski definition) is 0. The third-order valence-corrected chi connectivity index (χ3v) is 6.78. The fourth-order valence-corrected chi connectivity index (χ4v) is 4.98. The summed E-state index contributed by atoms with van der Waals surface area (Å²) in [5.74, 6) is 0.984. The van der Waals surface area contributed by atoms with Crippen molar-refractivity contribution in [1.29, 1.82) is 0 Å². The van der Waals surface area contributed by atoms with E-state index in [-0.39, 0.29) is 17.9 Å². The molecule has 0 radical (unpaired) electrons. The van der Waals surface area contributed by atoms with Crippen molar-refractivity contribution in [2.75, 3.05) is 0 Å². The molecule has 0 N–H and O–H groups in total. The summed E-state index contributed by atoms with van der Waals surface area (Å²) in [6.45, 7) is 2.15. The van der Waals surface area contributed by atoms with Gasteiger partial charge in [0.2, 0.25) is 0 Å². The van der Waals surface area contributed by atoms with E-state index in [2.05, 4.69) is 48.9 Å². The fraction of sp³-hybridized carbons (Fsp3) is 0.192. The van der Waals surface area contributed by atoms with E-state index in [0.717, 1.165) is 17.3 Å². The maximum atomic E-state index is 13.4. The number of aromatic nitrogens is 2. The molecular weight excluding hydrogens is 628 g/mol. The highest BCUT2D eigenvalue weighted by atomic mass is 79.9. The Hall–Kier alpha value is -3.08. The Bertz CT molecular complexity index is 1570. The lowest BCUT2D eigenvalue weighted by Crippen LogP contribution is -2.22. The first kappa shape index (κ1) is 27.0. The Morgan fingerprint density at radius 1 is 1.19 bits per heavy atom. The molecule has 0 aliphatic carbocycles. The molecule has 8 nitrogen and oxygen atoms in total. The van der Waals surface area contributed by atoms with E-state index in [9.17, 15) is 14.9 Å². The molecule has 0 spiro atoms. The van der Waals surface area contributed by atoms with Crippen LogP contribution in [0, 0.1) is 10.1 Å². The van der Waals surface area contributed by atoms with E-state index in [1.165, 1.54) is 23.0 Å². The summed E-state index contributed by atoms with van der Waals surface area (Å²) in [7, 11) is 0. The Morgan fingerprint density at radius 2 is 2.00 bits per heavy atom. The molecule has 0 unspecified atom stereocenters. The highest BCUT2D eigenvalue weighted by Gasteiger charge is 2.14. The van der Waals surface area contributed by atoms with Crippen LogP contribution in [0.1, 0.15) is 36.7 Å². The number of halogens is 3. The number of benzene rings is 3. The molecule has 37 heavy (non-hydrogen) atoms. The maximum absolute atomic E-state index is 13.4. The van der Waals surface area contributed by atoms with Crippen LogP contribution in [-0.4, -0.2) is 20.8 Å². The van der Waals surface area contributed by atoms with E-state index in [4.69, 9.17) is 16.3 Å². The number of nitro groups is 1. The number of unbranched alkanes of at least 4 members (excludes halogenated alkanes) is 1. The van der Waals surface area contributed by atoms with Gasteiger partial charge in [-0.05, 0) is 58.2 Å². The first-order chi connectivity index (χ1) is 17.8.